The molecule has 0 aliphatic heterocycles. The zero-order chi connectivity index (χ0) is 10.7. The van der Waals surface area contributed by atoms with Crippen LogP contribution in [0.25, 0.3) is 15.1 Å². The third kappa shape index (κ3) is 2.34. The summed E-state index contributed by atoms with van der Waals surface area (Å²) in [6.07, 6.45) is 1.83. The molecule has 1 heterocycles. The van der Waals surface area contributed by atoms with E-state index in [0.29, 0.717) is 0 Å². The summed E-state index contributed by atoms with van der Waals surface area (Å²) in [5.74, 6) is 0. The average Bonchev–Trinajstić information content (AvgIpc) is 2.68. The van der Waals surface area contributed by atoms with Gasteiger partial charge in [-0.2, -0.15) is 0 Å². The Morgan fingerprint density at radius 1 is 1.47 bits per heavy atom. The zero-order valence-electron chi connectivity index (χ0n) is 8.60. The van der Waals surface area contributed by atoms with Crippen LogP contribution in [0.3, 0.4) is 0 Å². The summed E-state index contributed by atoms with van der Waals surface area (Å²) in [5, 5.41) is 1.15. The highest BCUT2D eigenvalue weighted by molar-refractivity contribution is 7.18. The van der Waals surface area contributed by atoms with Gasteiger partial charge in [0.05, 0.1) is 15.2 Å². The molecular weight excluding hydrogens is 204 g/mol. The maximum absolute atomic E-state index is 6.89. The van der Waals surface area contributed by atoms with Crippen molar-refractivity contribution in [3.05, 3.63) is 40.7 Å². The lowest BCUT2D eigenvalue weighted by atomic mass is 10.2. The maximum atomic E-state index is 6.89. The van der Waals surface area contributed by atoms with Gasteiger partial charge in [0.15, 0.2) is 0 Å². The summed E-state index contributed by atoms with van der Waals surface area (Å²) in [6, 6.07) is 8.28. The molecule has 0 aliphatic carbocycles. The van der Waals surface area contributed by atoms with E-state index in [9.17, 15) is 0 Å². The quantitative estimate of drug-likeness (QED) is 0.717. The number of rotatable bonds is 3. The Labute approximate surface area is 93.4 Å². The van der Waals surface area contributed by atoms with Gasteiger partial charge in [0.2, 0.25) is 6.04 Å². The molecule has 76 valence electrons. The standard InChI is InChI=1S/C12H12N2S/c1-9(13-2)7-8-12-14-10-5-3-4-6-11(10)15-12/h3-6,9H,7-8H2,1H3. The van der Waals surface area contributed by atoms with Gasteiger partial charge in [0.1, 0.15) is 0 Å². The third-order valence-electron chi connectivity index (χ3n) is 2.33. The van der Waals surface area contributed by atoms with Gasteiger partial charge in [-0.15, -0.1) is 11.3 Å². The minimum atomic E-state index is 0.108. The van der Waals surface area contributed by atoms with Gasteiger partial charge in [-0.25, -0.2) is 11.6 Å². The molecule has 2 aromatic rings. The number of fused-ring (bicyclic) bond motifs is 1. The molecule has 1 aromatic carbocycles. The molecule has 0 saturated heterocycles. The molecule has 3 heteroatoms. The zero-order valence-corrected chi connectivity index (χ0v) is 9.42. The fraction of sp³-hybridized carbons (Fsp3) is 0.333. The first-order chi connectivity index (χ1) is 7.29. The first-order valence-corrected chi connectivity index (χ1v) is 5.82. The molecular formula is C12H12N2S. The van der Waals surface area contributed by atoms with Crippen molar-refractivity contribution in [3.8, 4) is 0 Å². The molecule has 1 atom stereocenters. The van der Waals surface area contributed by atoms with Crippen molar-refractivity contribution in [2.75, 3.05) is 0 Å². The molecule has 0 aliphatic rings. The molecule has 2 rings (SSSR count). The van der Waals surface area contributed by atoms with E-state index in [1.807, 2.05) is 25.1 Å². The molecule has 0 amide bonds. The number of aryl methyl sites for hydroxylation is 1. The van der Waals surface area contributed by atoms with Gasteiger partial charge >= 0.3 is 0 Å². The highest BCUT2D eigenvalue weighted by Crippen LogP contribution is 2.22. The van der Waals surface area contributed by atoms with Gasteiger partial charge in [0, 0.05) is 19.8 Å². The Morgan fingerprint density at radius 2 is 2.27 bits per heavy atom. The van der Waals surface area contributed by atoms with Crippen LogP contribution in [0.2, 0.25) is 0 Å². The van der Waals surface area contributed by atoms with Crippen molar-refractivity contribution in [1.29, 1.82) is 0 Å². The second-order valence-corrected chi connectivity index (χ2v) is 4.71. The van der Waals surface area contributed by atoms with Crippen LogP contribution >= 0.6 is 11.3 Å². The lowest BCUT2D eigenvalue weighted by Gasteiger charge is -1.94. The van der Waals surface area contributed by atoms with Crippen LogP contribution in [-0.2, 0) is 6.42 Å². The molecule has 0 N–H and O–H groups in total. The number of nitrogens with zero attached hydrogens (tertiary/aromatic N) is 2. The van der Waals surface area contributed by atoms with Gasteiger partial charge in [-0.1, -0.05) is 12.1 Å². The highest BCUT2D eigenvalue weighted by atomic mass is 32.1. The number of thiazole rings is 1. The van der Waals surface area contributed by atoms with Gasteiger partial charge in [-0.3, -0.25) is 0 Å². The van der Waals surface area contributed by atoms with E-state index < -0.39 is 0 Å². The number of hydrogen-bond acceptors (Lipinski definition) is 2. The maximum Gasteiger partial charge on any atom is 0.221 e. The van der Waals surface area contributed by atoms with E-state index in [1.165, 1.54) is 4.70 Å². The molecule has 0 spiro atoms. The van der Waals surface area contributed by atoms with Crippen LogP contribution in [-0.4, -0.2) is 11.0 Å². The smallest absolute Gasteiger partial charge is 0.221 e. The number of hydrogen-bond donors (Lipinski definition) is 0. The monoisotopic (exact) mass is 216 g/mol. The minimum absolute atomic E-state index is 0.108. The van der Waals surface area contributed by atoms with Crippen molar-refractivity contribution in [1.82, 2.24) is 4.98 Å². The normalized spacial score (nSPS) is 12.5. The fourth-order valence-electron chi connectivity index (χ4n) is 1.42. The van der Waals surface area contributed by atoms with E-state index in [4.69, 9.17) is 6.57 Å². The van der Waals surface area contributed by atoms with Crippen LogP contribution in [0.15, 0.2) is 24.3 Å². The summed E-state index contributed by atoms with van der Waals surface area (Å²) in [4.78, 5) is 8.02. The number of benzene rings is 1. The van der Waals surface area contributed by atoms with E-state index in [0.717, 1.165) is 23.4 Å². The first kappa shape index (κ1) is 10.1. The average molecular weight is 216 g/mol. The lowest BCUT2D eigenvalue weighted by Crippen LogP contribution is -1.96. The second-order valence-electron chi connectivity index (χ2n) is 3.59. The van der Waals surface area contributed by atoms with Crippen LogP contribution in [0.1, 0.15) is 18.4 Å². The minimum Gasteiger partial charge on any atom is -0.314 e. The Bertz CT molecular complexity index is 463. The third-order valence-corrected chi connectivity index (χ3v) is 3.43. The largest absolute Gasteiger partial charge is 0.314 e. The summed E-state index contributed by atoms with van der Waals surface area (Å²) in [6.45, 7) is 8.85. The van der Waals surface area contributed by atoms with Gasteiger partial charge in [0.25, 0.3) is 0 Å². The molecule has 1 unspecified atom stereocenters. The van der Waals surface area contributed by atoms with E-state index in [2.05, 4.69) is 15.9 Å². The lowest BCUT2D eigenvalue weighted by molar-refractivity contribution is 0.741. The Morgan fingerprint density at radius 3 is 3.00 bits per heavy atom. The Kier molecular flexibility index (Phi) is 2.98. The van der Waals surface area contributed by atoms with Crippen LogP contribution < -0.4 is 0 Å². The molecule has 1 aromatic heterocycles. The van der Waals surface area contributed by atoms with Crippen LogP contribution in [0.5, 0.6) is 0 Å². The molecule has 0 saturated carbocycles. The molecule has 0 radical (unpaired) electrons. The summed E-state index contributed by atoms with van der Waals surface area (Å²) in [7, 11) is 0. The molecule has 0 fully saturated rings. The van der Waals surface area contributed by atoms with E-state index in [1.54, 1.807) is 11.3 Å². The molecule has 15 heavy (non-hydrogen) atoms. The fourth-order valence-corrected chi connectivity index (χ4v) is 2.41. The summed E-state index contributed by atoms with van der Waals surface area (Å²) in [5.41, 5.74) is 1.08. The van der Waals surface area contributed by atoms with Crippen molar-refractivity contribution >= 4 is 21.6 Å². The van der Waals surface area contributed by atoms with E-state index in [-0.39, 0.29) is 6.04 Å². The van der Waals surface area contributed by atoms with Crippen LogP contribution in [0, 0.1) is 6.57 Å². The predicted octanol–water partition coefficient (Wildman–Crippen LogP) is 3.54. The topological polar surface area (TPSA) is 17.2 Å². The van der Waals surface area contributed by atoms with Crippen molar-refractivity contribution in [2.24, 2.45) is 0 Å². The summed E-state index contributed by atoms with van der Waals surface area (Å²) < 4.78 is 1.24. The second kappa shape index (κ2) is 4.41. The van der Waals surface area contributed by atoms with Gasteiger partial charge < -0.3 is 4.85 Å². The molecule has 0 bridgehead atoms. The highest BCUT2D eigenvalue weighted by Gasteiger charge is 2.08. The van der Waals surface area contributed by atoms with Crippen molar-refractivity contribution in [2.45, 2.75) is 25.8 Å². The Balaban J connectivity index is 2.13. The predicted molar refractivity (Wildman–Crippen MR) is 64.0 cm³/mol. The number of para-hydroxylation sites is 1. The van der Waals surface area contributed by atoms with Crippen molar-refractivity contribution < 1.29 is 0 Å². The Hall–Kier alpha value is -1.40. The van der Waals surface area contributed by atoms with Gasteiger partial charge in [-0.05, 0) is 12.1 Å². The molecule has 2 nitrogen and oxygen atoms in total. The SMILES string of the molecule is [C-]#[N+]C(C)CCc1nc2ccccc2s1. The number of aromatic nitrogens is 1. The van der Waals surface area contributed by atoms with Crippen molar-refractivity contribution in [3.63, 3.8) is 0 Å². The van der Waals surface area contributed by atoms with E-state index >= 15 is 0 Å². The van der Waals surface area contributed by atoms with Crippen LogP contribution in [0.4, 0.5) is 0 Å². The first-order valence-electron chi connectivity index (χ1n) is 5.00. The summed E-state index contributed by atoms with van der Waals surface area (Å²) >= 11 is 1.74.